The molecule has 1 aromatic carbocycles. The number of nitrogens with one attached hydrogen (secondary N) is 4. The maximum Gasteiger partial charge on any atom is 0.410 e. The number of allylic oxidation sites excluding steroid dienone is 1. The van der Waals surface area contributed by atoms with Crippen LogP contribution < -0.4 is 21.3 Å². The summed E-state index contributed by atoms with van der Waals surface area (Å²) >= 11 is 0. The molecule has 5 N–H and O–H groups in total. The van der Waals surface area contributed by atoms with Crippen molar-refractivity contribution < 1.29 is 48.1 Å². The molecule has 2 aliphatic rings. The molecule has 1 aliphatic carbocycles. The Balaban J connectivity index is 1.70. The van der Waals surface area contributed by atoms with E-state index in [9.17, 15) is 33.9 Å². The number of aliphatic hydroxyl groups excluding tert-OH is 1. The van der Waals surface area contributed by atoms with Crippen molar-refractivity contribution >= 4 is 35.6 Å². The number of amides is 6. The van der Waals surface area contributed by atoms with E-state index in [2.05, 4.69) is 28.2 Å². The number of ether oxygens (including phenoxy) is 3. The lowest BCUT2D eigenvalue weighted by atomic mass is 9.79. The van der Waals surface area contributed by atoms with E-state index in [1.807, 2.05) is 78.8 Å². The van der Waals surface area contributed by atoms with E-state index in [1.165, 1.54) is 26.2 Å². The number of benzene rings is 1. The molecule has 0 bridgehead atoms. The average molecular weight is 969 g/mol. The highest BCUT2D eigenvalue weighted by Gasteiger charge is 2.43. The molecule has 0 saturated carbocycles. The fourth-order valence-corrected chi connectivity index (χ4v) is 9.71. The van der Waals surface area contributed by atoms with E-state index < -0.39 is 83.9 Å². The lowest BCUT2D eigenvalue weighted by molar-refractivity contribution is -0.143. The highest BCUT2D eigenvalue weighted by Crippen LogP contribution is 2.33. The van der Waals surface area contributed by atoms with Gasteiger partial charge in [-0.15, -0.1) is 0 Å². The predicted molar refractivity (Wildman–Crippen MR) is 268 cm³/mol. The van der Waals surface area contributed by atoms with Crippen molar-refractivity contribution in [1.82, 2.24) is 31.1 Å². The Morgan fingerprint density at radius 2 is 1.55 bits per heavy atom. The monoisotopic (exact) mass is 969 g/mol. The Morgan fingerprint density at radius 1 is 0.870 bits per heavy atom. The van der Waals surface area contributed by atoms with Crippen LogP contribution in [0.2, 0.25) is 0 Å². The van der Waals surface area contributed by atoms with Crippen molar-refractivity contribution in [2.24, 2.45) is 29.1 Å². The van der Waals surface area contributed by atoms with E-state index >= 15 is 0 Å². The number of carbonyl (C=O) groups is 6. The van der Waals surface area contributed by atoms with Gasteiger partial charge in [0.15, 0.2) is 0 Å². The van der Waals surface area contributed by atoms with Crippen LogP contribution in [0.25, 0.3) is 0 Å². The number of carbonyl (C=O) groups excluding carboxylic acids is 6. The smallest absolute Gasteiger partial charge is 0.410 e. The highest BCUT2D eigenvalue weighted by molar-refractivity contribution is 5.92. The molecule has 1 saturated heterocycles. The second-order valence-electron chi connectivity index (χ2n) is 20.5. The minimum absolute atomic E-state index is 0.0326. The fraction of sp³-hybridized carbons (Fsp3) is 0.736. The van der Waals surface area contributed by atoms with Gasteiger partial charge in [0.25, 0.3) is 0 Å². The van der Waals surface area contributed by atoms with Crippen molar-refractivity contribution in [3.8, 4) is 0 Å². The molecule has 1 aromatic rings. The lowest BCUT2D eigenvalue weighted by Gasteiger charge is -2.37. The van der Waals surface area contributed by atoms with Crippen molar-refractivity contribution in [3.05, 3.63) is 48.0 Å². The number of likely N-dealkylation sites (N-methyl/N-ethyl adjacent to an activating group) is 1. The van der Waals surface area contributed by atoms with Gasteiger partial charge >= 0.3 is 6.09 Å². The van der Waals surface area contributed by atoms with Crippen molar-refractivity contribution in [2.45, 2.75) is 188 Å². The zero-order valence-electron chi connectivity index (χ0n) is 44.0. The SMILES string of the molecule is CCCCNC(=O)[C@@]1(C)C/C=C/[C@@H](OC(=O)N(C)[C@H](C(=O)N[C@H](C(=O)N[C@@H]([C@@H](C)CC)[C@@H](CC(=O)N2CCC[C@H]2[C@H](OC)[C@@H](C)C(=O)N[C@H](C)[C@@H](O)c2ccccc2)OC)C(C)C)C(C)C)CCC1. The van der Waals surface area contributed by atoms with Gasteiger partial charge in [0.05, 0.1) is 48.8 Å². The van der Waals surface area contributed by atoms with Crippen LogP contribution in [0, 0.1) is 29.1 Å². The molecule has 16 nitrogen and oxygen atoms in total. The molecule has 390 valence electrons. The normalized spacial score (nSPS) is 22.9. The van der Waals surface area contributed by atoms with Gasteiger partial charge in [-0.1, -0.05) is 112 Å². The summed E-state index contributed by atoms with van der Waals surface area (Å²) in [6.07, 6.45) is 6.51. The molecule has 1 heterocycles. The molecule has 6 amide bonds. The number of methoxy groups -OCH3 is 2. The first kappa shape index (κ1) is 58.8. The third kappa shape index (κ3) is 16.5. The van der Waals surface area contributed by atoms with Crippen LogP contribution in [0.1, 0.15) is 145 Å². The van der Waals surface area contributed by atoms with Gasteiger partial charge in [-0.25, -0.2) is 4.79 Å². The van der Waals surface area contributed by atoms with Crippen LogP contribution in [-0.4, -0.2) is 133 Å². The Bertz CT molecular complexity index is 1830. The molecule has 1 fully saturated rings. The van der Waals surface area contributed by atoms with Gasteiger partial charge in [-0.05, 0) is 81.3 Å². The Kier molecular flexibility index (Phi) is 24.1. The third-order valence-electron chi connectivity index (χ3n) is 14.4. The van der Waals surface area contributed by atoms with Crippen molar-refractivity contribution in [2.75, 3.05) is 34.4 Å². The lowest BCUT2D eigenvalue weighted by Crippen LogP contribution is -2.60. The topological polar surface area (TPSA) is 205 Å². The maximum atomic E-state index is 14.3. The minimum Gasteiger partial charge on any atom is -0.442 e. The third-order valence-corrected chi connectivity index (χ3v) is 14.4. The largest absolute Gasteiger partial charge is 0.442 e. The molecule has 0 aromatic heterocycles. The molecular weight excluding hydrogens is 881 g/mol. The summed E-state index contributed by atoms with van der Waals surface area (Å²) in [6, 6.07) is 5.60. The highest BCUT2D eigenvalue weighted by atomic mass is 16.6. The van der Waals surface area contributed by atoms with E-state index in [0.717, 1.165) is 12.8 Å². The summed E-state index contributed by atoms with van der Waals surface area (Å²) in [5.74, 6) is -2.87. The van der Waals surface area contributed by atoms with Crippen LogP contribution in [0.4, 0.5) is 4.79 Å². The number of aliphatic hydroxyl groups is 1. The number of rotatable bonds is 25. The van der Waals surface area contributed by atoms with Gasteiger partial charge in [0.1, 0.15) is 18.2 Å². The molecule has 1 aliphatic heterocycles. The van der Waals surface area contributed by atoms with E-state index in [1.54, 1.807) is 30.9 Å². The number of likely N-dealkylation sites (tertiary alicyclic amines) is 1. The molecule has 12 atom stereocenters. The van der Waals surface area contributed by atoms with Crippen molar-refractivity contribution in [1.29, 1.82) is 0 Å². The number of hydrogen-bond acceptors (Lipinski definition) is 10. The quantitative estimate of drug-likeness (QED) is 0.0535. The number of unbranched alkanes of at least 4 members (excludes halogenated alkanes) is 1. The standard InChI is InChI=1S/C53H88N6O10/c1-14-16-30-54-51(65)53(10)28-20-25-39(26-21-29-53)69-52(66)58(11)45(34(5)6)50(64)56-43(33(3)4)49(63)57-44(35(7)15-2)41(67-12)32-42(60)59-31-22-27-40(59)47(68-13)36(8)48(62)55-37(9)46(61)38-23-18-17-19-24-38/h17-20,23-25,33-37,39-41,43-47,61H,14-16,21-22,26-32H2,1-13H3,(H,54,65)(H,55,62)(H,56,64)(H,57,63)/b25-20+/t35-,36+,37+,39+,40-,41+,43-,44-,45-,46+,47+,53-/m0/s1. The molecule has 3 rings (SSSR count). The fourth-order valence-electron chi connectivity index (χ4n) is 9.71. The van der Waals surface area contributed by atoms with E-state index in [0.29, 0.717) is 63.6 Å². The summed E-state index contributed by atoms with van der Waals surface area (Å²) in [7, 11) is 4.57. The van der Waals surface area contributed by atoms with Crippen LogP contribution in [0.3, 0.4) is 0 Å². The summed E-state index contributed by atoms with van der Waals surface area (Å²) in [6.45, 7) is 20.0. The first-order chi connectivity index (χ1) is 32.6. The first-order valence-electron chi connectivity index (χ1n) is 25.5. The Morgan fingerprint density at radius 3 is 2.14 bits per heavy atom. The van der Waals surface area contributed by atoms with Gasteiger partial charge < -0.3 is 45.5 Å². The molecule has 16 heteroatoms. The van der Waals surface area contributed by atoms with Crippen LogP contribution in [0.5, 0.6) is 0 Å². The van der Waals surface area contributed by atoms with E-state index in [-0.39, 0.29) is 41.9 Å². The first-order valence-corrected chi connectivity index (χ1v) is 25.5. The summed E-state index contributed by atoms with van der Waals surface area (Å²) < 4.78 is 17.8. The molecule has 0 radical (unpaired) electrons. The average Bonchev–Trinajstić information content (AvgIpc) is 3.80. The molecule has 0 unspecified atom stereocenters. The summed E-state index contributed by atoms with van der Waals surface area (Å²) in [4.78, 5) is 86.0. The summed E-state index contributed by atoms with van der Waals surface area (Å²) in [5, 5.41) is 23.0. The molecule has 69 heavy (non-hydrogen) atoms. The second kappa shape index (κ2) is 28.3. The van der Waals surface area contributed by atoms with Crippen LogP contribution >= 0.6 is 0 Å². The maximum absolute atomic E-state index is 14.3. The number of hydrogen-bond donors (Lipinski definition) is 5. The second-order valence-corrected chi connectivity index (χ2v) is 20.5. The molecular formula is C53H88N6O10. The zero-order valence-corrected chi connectivity index (χ0v) is 44.0. The van der Waals surface area contributed by atoms with Gasteiger partial charge in [0, 0.05) is 39.8 Å². The molecule has 0 spiro atoms. The predicted octanol–water partition coefficient (Wildman–Crippen LogP) is 6.46. The van der Waals surface area contributed by atoms with E-state index in [4.69, 9.17) is 14.2 Å². The van der Waals surface area contributed by atoms with Crippen LogP contribution in [-0.2, 0) is 38.2 Å². The van der Waals surface area contributed by atoms with Gasteiger partial charge in [0.2, 0.25) is 29.5 Å². The summed E-state index contributed by atoms with van der Waals surface area (Å²) in [5.41, 5.74) is 0.143. The Labute approximate surface area is 413 Å². The zero-order chi connectivity index (χ0) is 51.6. The van der Waals surface area contributed by atoms with Crippen LogP contribution in [0.15, 0.2) is 42.5 Å². The van der Waals surface area contributed by atoms with Gasteiger partial charge in [-0.3, -0.25) is 28.9 Å². The Hall–Kier alpha value is -4.54. The number of nitrogens with zero attached hydrogens (tertiary/aromatic N) is 2. The minimum atomic E-state index is -0.987. The van der Waals surface area contributed by atoms with Gasteiger partial charge in [-0.2, -0.15) is 0 Å². The van der Waals surface area contributed by atoms with Crippen molar-refractivity contribution in [3.63, 3.8) is 0 Å².